The molecule has 0 saturated carbocycles. The van der Waals surface area contributed by atoms with Gasteiger partial charge in [-0.1, -0.05) is 22.0 Å². The molecule has 0 bridgehead atoms. The fourth-order valence-corrected chi connectivity index (χ4v) is 2.91. The number of carbonyl (C=O) groups excluding carboxylic acids is 1. The molecule has 92 valence electrons. The summed E-state index contributed by atoms with van der Waals surface area (Å²) in [6.07, 6.45) is 3.94. The third kappa shape index (κ3) is 2.86. The van der Waals surface area contributed by atoms with Gasteiger partial charge in [-0.2, -0.15) is 0 Å². The van der Waals surface area contributed by atoms with Gasteiger partial charge in [0.15, 0.2) is 0 Å². The molecular weight excluding hydrogens is 280 g/mol. The highest BCUT2D eigenvalue weighted by molar-refractivity contribution is 9.09. The largest absolute Gasteiger partial charge is 0.337 e. The van der Waals surface area contributed by atoms with Crippen molar-refractivity contribution >= 4 is 21.8 Å². The monoisotopic (exact) mass is 296 g/mol. The Balaban J connectivity index is 2.05. The van der Waals surface area contributed by atoms with E-state index in [0.717, 1.165) is 36.8 Å². The maximum absolute atomic E-state index is 12.3. The number of hydrogen-bond donors (Lipinski definition) is 0. The summed E-state index contributed by atoms with van der Waals surface area (Å²) in [6.45, 7) is 3.68. The molecule has 2 rings (SSSR count). The van der Waals surface area contributed by atoms with Gasteiger partial charge in [-0.25, -0.2) is 0 Å². The zero-order valence-electron chi connectivity index (χ0n) is 10.0. The number of pyridine rings is 1. The minimum absolute atomic E-state index is 0.0835. The average Bonchev–Trinajstić information content (AvgIpc) is 2.78. The van der Waals surface area contributed by atoms with Crippen LogP contribution in [0.5, 0.6) is 0 Å². The van der Waals surface area contributed by atoms with Gasteiger partial charge in [0.25, 0.3) is 5.91 Å². The van der Waals surface area contributed by atoms with Crippen LogP contribution in [0.2, 0.25) is 0 Å². The highest BCUT2D eigenvalue weighted by Crippen LogP contribution is 2.22. The fourth-order valence-electron chi connectivity index (χ4n) is 2.27. The molecular formula is C13H17BrN2O. The van der Waals surface area contributed by atoms with E-state index in [4.69, 9.17) is 0 Å². The van der Waals surface area contributed by atoms with Gasteiger partial charge in [-0.15, -0.1) is 0 Å². The zero-order chi connectivity index (χ0) is 12.3. The Kier molecular flexibility index (Phi) is 4.15. The number of halogens is 1. The van der Waals surface area contributed by atoms with Crippen molar-refractivity contribution in [3.05, 3.63) is 29.6 Å². The third-order valence-corrected chi connectivity index (χ3v) is 3.76. The molecule has 0 aromatic carbocycles. The van der Waals surface area contributed by atoms with Crippen molar-refractivity contribution in [3.8, 4) is 0 Å². The first kappa shape index (κ1) is 12.6. The molecule has 0 radical (unpaired) electrons. The lowest BCUT2D eigenvalue weighted by molar-refractivity contribution is 0.0780. The smallest absolute Gasteiger partial charge is 0.272 e. The number of hydrogen-bond acceptors (Lipinski definition) is 2. The van der Waals surface area contributed by atoms with Crippen molar-refractivity contribution in [2.75, 3.05) is 18.4 Å². The number of aromatic nitrogens is 1. The summed E-state index contributed by atoms with van der Waals surface area (Å²) < 4.78 is 0. The lowest BCUT2D eigenvalue weighted by atomic mass is 10.1. The van der Waals surface area contributed by atoms with Crippen LogP contribution in [0.1, 0.15) is 28.9 Å². The van der Waals surface area contributed by atoms with Crippen LogP contribution >= 0.6 is 15.9 Å². The molecule has 17 heavy (non-hydrogen) atoms. The van der Waals surface area contributed by atoms with E-state index in [0.29, 0.717) is 11.6 Å². The van der Waals surface area contributed by atoms with E-state index in [1.54, 1.807) is 6.20 Å². The second-order valence-electron chi connectivity index (χ2n) is 4.55. The molecule has 1 aromatic heterocycles. The van der Waals surface area contributed by atoms with Gasteiger partial charge < -0.3 is 4.90 Å². The van der Waals surface area contributed by atoms with Gasteiger partial charge in [0.05, 0.1) is 0 Å². The lowest BCUT2D eigenvalue weighted by Crippen LogP contribution is -2.30. The Morgan fingerprint density at radius 1 is 1.65 bits per heavy atom. The molecule has 1 unspecified atom stereocenters. The number of amides is 1. The first-order valence-electron chi connectivity index (χ1n) is 5.99. The van der Waals surface area contributed by atoms with Gasteiger partial charge in [-0.3, -0.25) is 9.78 Å². The molecule has 1 atom stereocenters. The molecule has 1 aliphatic heterocycles. The highest BCUT2D eigenvalue weighted by Gasteiger charge is 2.27. The normalized spacial score (nSPS) is 19.6. The highest BCUT2D eigenvalue weighted by atomic mass is 79.9. The van der Waals surface area contributed by atoms with Crippen LogP contribution in [0.25, 0.3) is 0 Å². The Hall–Kier alpha value is -0.900. The summed E-state index contributed by atoms with van der Waals surface area (Å²) in [4.78, 5) is 18.4. The van der Waals surface area contributed by atoms with E-state index in [1.807, 2.05) is 24.0 Å². The predicted molar refractivity (Wildman–Crippen MR) is 71.4 cm³/mol. The van der Waals surface area contributed by atoms with Crippen LogP contribution in [-0.4, -0.2) is 34.2 Å². The lowest BCUT2D eigenvalue weighted by Gasteiger charge is -2.16. The predicted octanol–water partition coefficient (Wildman–Crippen LogP) is 2.64. The molecule has 4 heteroatoms. The van der Waals surface area contributed by atoms with Crippen molar-refractivity contribution in [1.29, 1.82) is 0 Å². The molecule has 0 spiro atoms. The standard InChI is InChI=1S/C13H17BrN2O/c1-10-3-2-7-15-12(10)13(17)16-8-5-11(9-16)4-6-14/h2-3,7,11H,4-6,8-9H2,1H3. The van der Waals surface area contributed by atoms with Gasteiger partial charge in [-0.05, 0) is 37.3 Å². The molecule has 1 fully saturated rings. The van der Waals surface area contributed by atoms with Crippen molar-refractivity contribution in [1.82, 2.24) is 9.88 Å². The maximum Gasteiger partial charge on any atom is 0.272 e. The Morgan fingerprint density at radius 2 is 2.47 bits per heavy atom. The molecule has 3 nitrogen and oxygen atoms in total. The van der Waals surface area contributed by atoms with E-state index in [1.165, 1.54) is 0 Å². The van der Waals surface area contributed by atoms with E-state index >= 15 is 0 Å². The van der Waals surface area contributed by atoms with Crippen LogP contribution in [0.15, 0.2) is 18.3 Å². The number of likely N-dealkylation sites (tertiary alicyclic amines) is 1. The van der Waals surface area contributed by atoms with E-state index in [-0.39, 0.29) is 5.91 Å². The topological polar surface area (TPSA) is 33.2 Å². The number of aryl methyl sites for hydroxylation is 1. The minimum Gasteiger partial charge on any atom is -0.337 e. The summed E-state index contributed by atoms with van der Waals surface area (Å²) in [7, 11) is 0. The summed E-state index contributed by atoms with van der Waals surface area (Å²) in [5.74, 6) is 0.725. The molecule has 1 aliphatic rings. The van der Waals surface area contributed by atoms with E-state index < -0.39 is 0 Å². The Morgan fingerprint density at radius 3 is 3.18 bits per heavy atom. The zero-order valence-corrected chi connectivity index (χ0v) is 11.6. The quantitative estimate of drug-likeness (QED) is 0.804. The number of alkyl halides is 1. The van der Waals surface area contributed by atoms with Gasteiger partial charge in [0.2, 0.25) is 0 Å². The summed E-state index contributed by atoms with van der Waals surface area (Å²) in [5.41, 5.74) is 1.56. The molecule has 0 aliphatic carbocycles. The Bertz CT molecular complexity index is 408. The van der Waals surface area contributed by atoms with Crippen LogP contribution in [-0.2, 0) is 0 Å². The van der Waals surface area contributed by atoms with E-state index in [2.05, 4.69) is 20.9 Å². The van der Waals surface area contributed by atoms with Crippen LogP contribution in [0.4, 0.5) is 0 Å². The number of nitrogens with zero attached hydrogens (tertiary/aromatic N) is 2. The van der Waals surface area contributed by atoms with E-state index in [9.17, 15) is 4.79 Å². The fraction of sp³-hybridized carbons (Fsp3) is 0.538. The molecule has 0 N–H and O–H groups in total. The van der Waals surface area contributed by atoms with Crippen LogP contribution in [0, 0.1) is 12.8 Å². The number of carbonyl (C=O) groups is 1. The third-order valence-electron chi connectivity index (χ3n) is 3.30. The van der Waals surface area contributed by atoms with Crippen molar-refractivity contribution in [2.24, 2.45) is 5.92 Å². The van der Waals surface area contributed by atoms with Crippen LogP contribution in [0.3, 0.4) is 0 Å². The first-order valence-corrected chi connectivity index (χ1v) is 7.11. The van der Waals surface area contributed by atoms with Gasteiger partial charge in [0, 0.05) is 24.6 Å². The molecule has 1 aromatic rings. The maximum atomic E-state index is 12.3. The second kappa shape index (κ2) is 5.63. The summed E-state index contributed by atoms with van der Waals surface area (Å²) >= 11 is 3.46. The molecule has 1 amide bonds. The Labute approximate surface area is 110 Å². The van der Waals surface area contributed by atoms with Crippen LogP contribution < -0.4 is 0 Å². The van der Waals surface area contributed by atoms with Gasteiger partial charge in [0.1, 0.15) is 5.69 Å². The van der Waals surface area contributed by atoms with Crippen molar-refractivity contribution < 1.29 is 4.79 Å². The van der Waals surface area contributed by atoms with Gasteiger partial charge >= 0.3 is 0 Å². The first-order chi connectivity index (χ1) is 8.22. The second-order valence-corrected chi connectivity index (χ2v) is 5.35. The minimum atomic E-state index is 0.0835. The van der Waals surface area contributed by atoms with Crippen molar-refractivity contribution in [2.45, 2.75) is 19.8 Å². The van der Waals surface area contributed by atoms with Crippen molar-refractivity contribution in [3.63, 3.8) is 0 Å². The number of rotatable bonds is 3. The summed E-state index contributed by atoms with van der Waals surface area (Å²) in [5, 5.41) is 1.02. The molecule has 1 saturated heterocycles. The SMILES string of the molecule is Cc1cccnc1C(=O)N1CCC(CCBr)C1. The molecule has 2 heterocycles. The average molecular weight is 297 g/mol. The summed E-state index contributed by atoms with van der Waals surface area (Å²) in [6, 6.07) is 3.80.